The number of nitrogens with zero attached hydrogens (tertiary/aromatic N) is 1. The Bertz CT molecular complexity index is 1250. The van der Waals surface area contributed by atoms with Crippen molar-refractivity contribution in [3.8, 4) is 5.69 Å². The summed E-state index contributed by atoms with van der Waals surface area (Å²) in [5, 5.41) is 0.569. The molecule has 1 saturated carbocycles. The maximum Gasteiger partial charge on any atom is 0.495 e. The van der Waals surface area contributed by atoms with Crippen molar-refractivity contribution < 1.29 is 18.1 Å². The van der Waals surface area contributed by atoms with Gasteiger partial charge in [-0.25, -0.2) is 8.78 Å². The lowest BCUT2D eigenvalue weighted by Crippen LogP contribution is -2.41. The van der Waals surface area contributed by atoms with Gasteiger partial charge in [-0.1, -0.05) is 6.07 Å². The van der Waals surface area contributed by atoms with Crippen LogP contribution in [0.4, 0.5) is 8.78 Å². The summed E-state index contributed by atoms with van der Waals surface area (Å²) in [6, 6.07) is 9.26. The Hall–Kier alpha value is -2.51. The summed E-state index contributed by atoms with van der Waals surface area (Å²) in [4.78, 5) is 13.1. The minimum absolute atomic E-state index is 0.00773. The fourth-order valence-corrected chi connectivity index (χ4v) is 4.06. The highest BCUT2D eigenvalue weighted by Crippen LogP contribution is 2.41. The number of benzene rings is 2. The van der Waals surface area contributed by atoms with Crippen LogP contribution in [0.25, 0.3) is 16.5 Å². The third-order valence-corrected chi connectivity index (χ3v) is 6.74. The third-order valence-electron chi connectivity index (χ3n) is 6.74. The van der Waals surface area contributed by atoms with Crippen LogP contribution < -0.4 is 11.0 Å². The molecule has 2 aliphatic rings. The van der Waals surface area contributed by atoms with Gasteiger partial charge in [0, 0.05) is 6.20 Å². The lowest BCUT2D eigenvalue weighted by atomic mass is 9.79. The summed E-state index contributed by atoms with van der Waals surface area (Å²) in [6.45, 7) is 7.67. The molecule has 160 valence electrons. The van der Waals surface area contributed by atoms with E-state index >= 15 is 0 Å². The first kappa shape index (κ1) is 20.4. The molecule has 31 heavy (non-hydrogen) atoms. The van der Waals surface area contributed by atoms with Gasteiger partial charge >= 0.3 is 7.12 Å². The molecule has 0 spiro atoms. The molecule has 3 aromatic rings. The second-order valence-electron chi connectivity index (χ2n) is 9.56. The zero-order chi connectivity index (χ0) is 22.1. The fourth-order valence-electron chi connectivity index (χ4n) is 4.06. The van der Waals surface area contributed by atoms with Gasteiger partial charge in [-0.2, -0.15) is 0 Å². The lowest BCUT2D eigenvalue weighted by molar-refractivity contribution is 0.00578. The van der Waals surface area contributed by atoms with Gasteiger partial charge in [0.2, 0.25) is 0 Å². The standard InChI is InChI=1S/C24H24BF2NO3/c1-23(2)24(3,4)31-25(30-23)17-11-18(26)13-19(12-17)28-8-7-15-9-16(14-5-6-14)10-20(27)21(15)22(28)29/h7-14H,5-6H2,1-4H3. The van der Waals surface area contributed by atoms with Crippen LogP contribution in [0.1, 0.15) is 52.0 Å². The molecule has 0 amide bonds. The number of hydrogen-bond donors (Lipinski definition) is 0. The second kappa shape index (κ2) is 6.74. The van der Waals surface area contributed by atoms with Crippen LogP contribution in [0, 0.1) is 11.6 Å². The van der Waals surface area contributed by atoms with Crippen LogP contribution in [0.3, 0.4) is 0 Å². The highest BCUT2D eigenvalue weighted by atomic mass is 19.1. The van der Waals surface area contributed by atoms with Crippen molar-refractivity contribution in [1.29, 1.82) is 0 Å². The largest absolute Gasteiger partial charge is 0.495 e. The first-order chi connectivity index (χ1) is 14.6. The van der Waals surface area contributed by atoms with Crippen molar-refractivity contribution in [1.82, 2.24) is 4.57 Å². The smallest absolute Gasteiger partial charge is 0.399 e. The van der Waals surface area contributed by atoms with E-state index in [2.05, 4.69) is 0 Å². The van der Waals surface area contributed by atoms with E-state index in [-0.39, 0.29) is 5.39 Å². The molecule has 2 fully saturated rings. The zero-order valence-corrected chi connectivity index (χ0v) is 18.0. The number of aromatic nitrogens is 1. The van der Waals surface area contributed by atoms with Crippen molar-refractivity contribution in [2.24, 2.45) is 0 Å². The summed E-state index contributed by atoms with van der Waals surface area (Å²) in [6.07, 6.45) is 3.66. The van der Waals surface area contributed by atoms with Crippen LogP contribution in [-0.4, -0.2) is 22.9 Å². The van der Waals surface area contributed by atoms with Crippen molar-refractivity contribution in [3.63, 3.8) is 0 Å². The third kappa shape index (κ3) is 3.40. The molecular formula is C24H24BF2NO3. The molecule has 1 aliphatic carbocycles. The highest BCUT2D eigenvalue weighted by molar-refractivity contribution is 6.62. The van der Waals surface area contributed by atoms with Crippen LogP contribution >= 0.6 is 0 Å². The van der Waals surface area contributed by atoms with Gasteiger partial charge in [-0.05, 0) is 93.2 Å². The summed E-state index contributed by atoms with van der Waals surface area (Å²) in [5.41, 5.74) is 0.00445. The number of hydrogen-bond acceptors (Lipinski definition) is 3. The molecule has 0 radical (unpaired) electrons. The summed E-state index contributed by atoms with van der Waals surface area (Å²) < 4.78 is 42.7. The molecule has 0 bridgehead atoms. The zero-order valence-electron chi connectivity index (χ0n) is 18.0. The summed E-state index contributed by atoms with van der Waals surface area (Å²) >= 11 is 0. The van der Waals surface area contributed by atoms with Crippen LogP contribution in [0.2, 0.25) is 0 Å². The van der Waals surface area contributed by atoms with Gasteiger partial charge in [-0.3, -0.25) is 9.36 Å². The molecule has 2 aromatic carbocycles. The Morgan fingerprint density at radius 3 is 2.32 bits per heavy atom. The summed E-state index contributed by atoms with van der Waals surface area (Å²) in [7, 11) is -0.770. The molecule has 0 N–H and O–H groups in total. The van der Waals surface area contributed by atoms with E-state index in [4.69, 9.17) is 9.31 Å². The minimum atomic E-state index is -0.770. The first-order valence-corrected chi connectivity index (χ1v) is 10.6. The van der Waals surface area contributed by atoms with E-state index in [0.717, 1.165) is 18.4 Å². The monoisotopic (exact) mass is 423 g/mol. The molecule has 0 unspecified atom stereocenters. The quantitative estimate of drug-likeness (QED) is 0.585. The maximum atomic E-state index is 14.8. The minimum Gasteiger partial charge on any atom is -0.399 e. The molecule has 2 heterocycles. The SMILES string of the molecule is CC1(C)OB(c2cc(F)cc(-n3ccc4cc(C5CC5)cc(F)c4c3=O)c2)OC1(C)C. The number of halogens is 2. The topological polar surface area (TPSA) is 40.5 Å². The lowest BCUT2D eigenvalue weighted by Gasteiger charge is -2.32. The van der Waals surface area contributed by atoms with Crippen molar-refractivity contribution >= 4 is 23.4 Å². The van der Waals surface area contributed by atoms with E-state index < -0.39 is 35.5 Å². The molecule has 1 aromatic heterocycles. The van der Waals surface area contributed by atoms with Gasteiger partial charge < -0.3 is 9.31 Å². The Labute approximate surface area is 179 Å². The molecule has 1 saturated heterocycles. The first-order valence-electron chi connectivity index (χ1n) is 10.6. The molecule has 4 nitrogen and oxygen atoms in total. The Kier molecular flexibility index (Phi) is 4.44. The predicted octanol–water partition coefficient (Wildman–Crippen LogP) is 4.45. The number of pyridine rings is 1. The van der Waals surface area contributed by atoms with Crippen molar-refractivity contribution in [2.75, 3.05) is 0 Å². The molecule has 1 aliphatic heterocycles. The second-order valence-corrected chi connectivity index (χ2v) is 9.56. The molecule has 0 atom stereocenters. The van der Waals surface area contributed by atoms with Gasteiger partial charge in [0.25, 0.3) is 5.56 Å². The Balaban J connectivity index is 1.59. The molecule has 7 heteroatoms. The number of fused-ring (bicyclic) bond motifs is 1. The summed E-state index contributed by atoms with van der Waals surface area (Å²) in [5.74, 6) is -0.688. The van der Waals surface area contributed by atoms with Gasteiger partial charge in [0.05, 0.1) is 22.3 Å². The van der Waals surface area contributed by atoms with E-state index in [1.165, 1.54) is 22.8 Å². The molecular weight excluding hydrogens is 399 g/mol. The van der Waals surface area contributed by atoms with Gasteiger partial charge in [0.1, 0.15) is 11.6 Å². The Morgan fingerprint density at radius 2 is 1.68 bits per heavy atom. The van der Waals surface area contributed by atoms with Gasteiger partial charge in [0.15, 0.2) is 0 Å². The van der Waals surface area contributed by atoms with Crippen molar-refractivity contribution in [3.05, 3.63) is 70.1 Å². The van der Waals surface area contributed by atoms with Crippen LogP contribution in [0.15, 0.2) is 47.4 Å². The van der Waals surface area contributed by atoms with E-state index in [1.54, 1.807) is 18.3 Å². The van der Waals surface area contributed by atoms with Crippen LogP contribution in [0.5, 0.6) is 0 Å². The average Bonchev–Trinajstić information content (AvgIpc) is 3.48. The Morgan fingerprint density at radius 1 is 1.00 bits per heavy atom. The van der Waals surface area contributed by atoms with Crippen molar-refractivity contribution in [2.45, 2.75) is 57.7 Å². The van der Waals surface area contributed by atoms with E-state index in [1.807, 2.05) is 33.8 Å². The maximum absolute atomic E-state index is 14.8. The average molecular weight is 423 g/mol. The predicted molar refractivity (Wildman–Crippen MR) is 117 cm³/mol. The normalized spacial score (nSPS) is 19.9. The van der Waals surface area contributed by atoms with Gasteiger partial charge in [-0.15, -0.1) is 0 Å². The molecule has 5 rings (SSSR count). The van der Waals surface area contributed by atoms with E-state index in [9.17, 15) is 13.6 Å². The van der Waals surface area contributed by atoms with E-state index in [0.29, 0.717) is 22.5 Å². The highest BCUT2D eigenvalue weighted by Gasteiger charge is 2.51. The van der Waals surface area contributed by atoms with Crippen LogP contribution in [-0.2, 0) is 9.31 Å². The number of rotatable bonds is 3. The fraction of sp³-hybridized carbons (Fsp3) is 0.375.